The number of carbonyl (C=O) groups is 2. The number of primary amides is 1. The molecule has 0 aliphatic heterocycles. The van der Waals surface area contributed by atoms with E-state index in [1.165, 1.54) is 44.3 Å². The molecule has 2 atom stereocenters. The van der Waals surface area contributed by atoms with Gasteiger partial charge in [-0.05, 0) is 56.7 Å². The van der Waals surface area contributed by atoms with Gasteiger partial charge in [-0.1, -0.05) is 35.9 Å². The van der Waals surface area contributed by atoms with E-state index in [1.807, 2.05) is 6.07 Å². The molecule has 39 heavy (non-hydrogen) atoms. The number of halogens is 5. The van der Waals surface area contributed by atoms with E-state index in [-0.39, 0.29) is 10.6 Å². The molecule has 2 aliphatic rings. The van der Waals surface area contributed by atoms with Gasteiger partial charge in [0, 0.05) is 18.2 Å². The van der Waals surface area contributed by atoms with Crippen molar-refractivity contribution < 1.29 is 27.2 Å². The van der Waals surface area contributed by atoms with Gasteiger partial charge in [0.25, 0.3) is 0 Å². The molecule has 2 aliphatic carbocycles. The maximum absolute atomic E-state index is 14.5. The zero-order chi connectivity index (χ0) is 28.8. The quantitative estimate of drug-likeness (QED) is 0.358. The Bertz CT molecular complexity index is 1310. The molecule has 0 unspecified atom stereocenters. The number of amides is 2. The number of nitrogens with zero attached hydrogens (tertiary/aromatic N) is 2. The van der Waals surface area contributed by atoms with Crippen LogP contribution in [0.3, 0.4) is 0 Å². The van der Waals surface area contributed by atoms with Gasteiger partial charge in [0.1, 0.15) is 17.2 Å². The first-order valence-corrected chi connectivity index (χ1v) is 12.8. The molecule has 0 radical (unpaired) electrons. The van der Waals surface area contributed by atoms with Crippen LogP contribution in [0.15, 0.2) is 36.5 Å². The first-order valence-electron chi connectivity index (χ1n) is 12.4. The summed E-state index contributed by atoms with van der Waals surface area (Å²) in [5, 5.41) is 14.2. The molecule has 2 saturated carbocycles. The third-order valence-corrected chi connectivity index (χ3v) is 7.45. The van der Waals surface area contributed by atoms with E-state index < -0.39 is 53.1 Å². The Morgan fingerprint density at radius 3 is 2.21 bits per heavy atom. The fourth-order valence-electron chi connectivity index (χ4n) is 4.55. The predicted octanol–water partition coefficient (Wildman–Crippen LogP) is 4.79. The third-order valence-electron chi connectivity index (χ3n) is 7.16. The van der Waals surface area contributed by atoms with Crippen LogP contribution in [0.4, 0.5) is 17.6 Å². The second-order valence-corrected chi connectivity index (χ2v) is 11.3. The minimum atomic E-state index is -4.82. The minimum absolute atomic E-state index is 0.208. The number of benzene rings is 1. The van der Waals surface area contributed by atoms with Gasteiger partial charge in [-0.15, -0.1) is 0 Å². The lowest BCUT2D eigenvalue weighted by molar-refractivity contribution is -0.161. The number of alkyl halides is 4. The summed E-state index contributed by atoms with van der Waals surface area (Å²) in [7, 11) is 0. The van der Waals surface area contributed by atoms with Crippen LogP contribution in [-0.2, 0) is 15.0 Å². The normalized spacial score (nSPS) is 18.9. The maximum Gasteiger partial charge on any atom is 0.407 e. The number of rotatable bonds is 10. The van der Waals surface area contributed by atoms with Gasteiger partial charge < -0.3 is 11.1 Å². The van der Waals surface area contributed by atoms with E-state index in [4.69, 9.17) is 17.3 Å². The average Bonchev–Trinajstić information content (AvgIpc) is 3.76. The molecule has 0 bridgehead atoms. The Hall–Kier alpha value is -3.23. The molecule has 1 heterocycles. The summed E-state index contributed by atoms with van der Waals surface area (Å²) in [4.78, 5) is 29.0. The molecule has 2 aromatic rings. The highest BCUT2D eigenvalue weighted by Crippen LogP contribution is 2.48. The number of nitriles is 1. The summed E-state index contributed by atoms with van der Waals surface area (Å²) >= 11 is 6.40. The molecule has 1 aromatic carbocycles. The lowest BCUT2D eigenvalue weighted by Gasteiger charge is -2.30. The zero-order valence-corrected chi connectivity index (χ0v) is 22.1. The van der Waals surface area contributed by atoms with E-state index in [0.29, 0.717) is 42.5 Å². The number of pyridine rings is 1. The van der Waals surface area contributed by atoms with Crippen LogP contribution in [0, 0.1) is 11.3 Å². The van der Waals surface area contributed by atoms with Crippen molar-refractivity contribution in [3.05, 3.63) is 52.7 Å². The van der Waals surface area contributed by atoms with Crippen LogP contribution in [-0.4, -0.2) is 40.2 Å². The Morgan fingerprint density at radius 2 is 1.77 bits per heavy atom. The predicted molar refractivity (Wildman–Crippen MR) is 136 cm³/mol. The molecule has 0 saturated heterocycles. The molecular formula is C27H28ClF4N5O2. The SMILES string of the molecule is CC(C)(F)C[C@H](N[C@@H](c1ccc(-c2ncc(C3(C(N)=O)CC3)cc2Cl)cc1)C(F)(F)F)C(=O)NC1(C#N)CC1. The average molecular weight is 566 g/mol. The van der Waals surface area contributed by atoms with Crippen LogP contribution in [0.25, 0.3) is 11.3 Å². The molecule has 12 heteroatoms. The van der Waals surface area contributed by atoms with E-state index >= 15 is 0 Å². The van der Waals surface area contributed by atoms with Gasteiger partial charge in [-0.3, -0.25) is 19.9 Å². The molecule has 0 spiro atoms. The number of aromatic nitrogens is 1. The largest absolute Gasteiger partial charge is 0.407 e. The fraction of sp³-hybridized carbons (Fsp3) is 0.481. The maximum atomic E-state index is 14.5. The number of carbonyl (C=O) groups excluding carboxylic acids is 2. The molecular weight excluding hydrogens is 538 g/mol. The van der Waals surface area contributed by atoms with Crippen molar-refractivity contribution >= 4 is 23.4 Å². The molecule has 1 aromatic heterocycles. The summed E-state index contributed by atoms with van der Waals surface area (Å²) in [6, 6.07) is 4.97. The summed E-state index contributed by atoms with van der Waals surface area (Å²) in [5.74, 6) is -1.34. The lowest BCUT2D eigenvalue weighted by Crippen LogP contribution is -2.53. The molecule has 4 N–H and O–H groups in total. The molecule has 2 fully saturated rings. The Kier molecular flexibility index (Phi) is 7.42. The van der Waals surface area contributed by atoms with Gasteiger partial charge in [0.05, 0.1) is 28.2 Å². The highest BCUT2D eigenvalue weighted by atomic mass is 35.5. The second kappa shape index (κ2) is 10.1. The van der Waals surface area contributed by atoms with Crippen LogP contribution < -0.4 is 16.4 Å². The molecule has 208 valence electrons. The first kappa shape index (κ1) is 28.8. The number of hydrogen-bond acceptors (Lipinski definition) is 5. The van der Waals surface area contributed by atoms with Crippen molar-refractivity contribution in [1.82, 2.24) is 15.6 Å². The molecule has 4 rings (SSSR count). The van der Waals surface area contributed by atoms with E-state index in [0.717, 1.165) is 0 Å². The summed E-state index contributed by atoms with van der Waals surface area (Å²) < 4.78 is 57.0. The van der Waals surface area contributed by atoms with Crippen molar-refractivity contribution in [3.63, 3.8) is 0 Å². The van der Waals surface area contributed by atoms with Crippen molar-refractivity contribution in [2.45, 2.75) is 80.8 Å². The van der Waals surface area contributed by atoms with Crippen LogP contribution >= 0.6 is 11.6 Å². The zero-order valence-electron chi connectivity index (χ0n) is 21.3. The lowest BCUT2D eigenvalue weighted by atomic mass is 9.95. The van der Waals surface area contributed by atoms with Gasteiger partial charge >= 0.3 is 6.18 Å². The monoisotopic (exact) mass is 565 g/mol. The smallest absolute Gasteiger partial charge is 0.369 e. The summed E-state index contributed by atoms with van der Waals surface area (Å²) in [5.41, 5.74) is 2.77. The van der Waals surface area contributed by atoms with Crippen molar-refractivity contribution in [3.8, 4) is 17.3 Å². The second-order valence-electron chi connectivity index (χ2n) is 10.9. The summed E-state index contributed by atoms with van der Waals surface area (Å²) in [6.45, 7) is 2.33. The Morgan fingerprint density at radius 1 is 1.15 bits per heavy atom. The molecule has 7 nitrogen and oxygen atoms in total. The van der Waals surface area contributed by atoms with E-state index in [2.05, 4.69) is 15.6 Å². The van der Waals surface area contributed by atoms with Crippen LogP contribution in [0.1, 0.15) is 63.1 Å². The minimum Gasteiger partial charge on any atom is -0.369 e. The highest BCUT2D eigenvalue weighted by Gasteiger charge is 2.51. The number of nitrogens with two attached hydrogens (primary N) is 1. The Labute approximate surface area is 228 Å². The van der Waals surface area contributed by atoms with E-state index in [1.54, 1.807) is 6.07 Å². The molecule has 2 amide bonds. The standard InChI is InChI=1S/C27H28ClF4N5O2/c1-24(2,29)12-19(22(38)37-25(14-33)7-8-25)36-21(27(30,31)32)16-5-3-15(4-6-16)20-18(28)11-17(13-35-20)26(9-10-26)23(34)39/h3-6,11,13,19,21,36H,7-10,12H2,1-2H3,(H2,34,39)(H,37,38)/t19-,21-/m0/s1. The van der Waals surface area contributed by atoms with E-state index in [9.17, 15) is 32.4 Å². The van der Waals surface area contributed by atoms with Gasteiger partial charge in [-0.25, -0.2) is 4.39 Å². The topological polar surface area (TPSA) is 121 Å². The fourth-order valence-corrected chi connectivity index (χ4v) is 4.83. The summed E-state index contributed by atoms with van der Waals surface area (Å²) in [6.07, 6.45) is -1.92. The van der Waals surface area contributed by atoms with Crippen molar-refractivity contribution in [2.75, 3.05) is 0 Å². The van der Waals surface area contributed by atoms with Gasteiger partial charge in [0.15, 0.2) is 0 Å². The third kappa shape index (κ3) is 6.34. The first-order chi connectivity index (χ1) is 18.1. The van der Waals surface area contributed by atoms with Crippen molar-refractivity contribution in [2.24, 2.45) is 5.73 Å². The van der Waals surface area contributed by atoms with Gasteiger partial charge in [-0.2, -0.15) is 18.4 Å². The van der Waals surface area contributed by atoms with Crippen LogP contribution in [0.2, 0.25) is 5.02 Å². The Balaban J connectivity index is 1.58. The van der Waals surface area contributed by atoms with Crippen molar-refractivity contribution in [1.29, 1.82) is 5.26 Å². The highest BCUT2D eigenvalue weighted by molar-refractivity contribution is 6.33. The number of hydrogen-bond donors (Lipinski definition) is 3. The van der Waals surface area contributed by atoms with Crippen LogP contribution in [0.5, 0.6) is 0 Å². The number of nitrogens with one attached hydrogen (secondary N) is 2. The van der Waals surface area contributed by atoms with Gasteiger partial charge in [0.2, 0.25) is 11.8 Å².